The average molecular weight is 572 g/mol. The lowest BCUT2D eigenvalue weighted by Crippen LogP contribution is -2.36. The second-order valence-corrected chi connectivity index (χ2v) is 8.60. The van der Waals surface area contributed by atoms with Crippen molar-refractivity contribution in [2.75, 3.05) is 11.9 Å². The molecular weight excluding hydrogens is 547 g/mol. The molecule has 2 aromatic carbocycles. The van der Waals surface area contributed by atoms with Crippen LogP contribution in [0.2, 0.25) is 0 Å². The third-order valence-electron chi connectivity index (χ3n) is 5.45. The number of amides is 2. The molecule has 2 heterocycles. The molecule has 1 atom stereocenters. The van der Waals surface area contributed by atoms with E-state index >= 15 is 0 Å². The fourth-order valence-corrected chi connectivity index (χ4v) is 4.23. The van der Waals surface area contributed by atoms with E-state index in [2.05, 4.69) is 43.1 Å². The number of anilines is 2. The Balaban J connectivity index is 1.45. The number of primary amides is 1. The fourth-order valence-electron chi connectivity index (χ4n) is 3.76. The zero-order valence-corrected chi connectivity index (χ0v) is 20.6. The van der Waals surface area contributed by atoms with E-state index in [0.29, 0.717) is 12.4 Å². The van der Waals surface area contributed by atoms with Crippen LogP contribution >= 0.6 is 22.6 Å². The van der Waals surface area contributed by atoms with Crippen molar-refractivity contribution < 1.29 is 14.3 Å². The fraction of sp³-hybridized carbons (Fsp3) is 0.250. The molecule has 3 aromatic rings. The highest BCUT2D eigenvalue weighted by Crippen LogP contribution is 2.27. The minimum absolute atomic E-state index is 0.160. The predicted molar refractivity (Wildman–Crippen MR) is 139 cm³/mol. The number of likely N-dealkylation sites (tertiary alicyclic amines) is 1. The van der Waals surface area contributed by atoms with Gasteiger partial charge in [-0.05, 0) is 36.1 Å². The zero-order chi connectivity index (χ0) is 23.9. The lowest BCUT2D eigenvalue weighted by Gasteiger charge is -2.21. The number of nitrogens with two attached hydrogens (primary N) is 1. The van der Waals surface area contributed by atoms with E-state index in [0.717, 1.165) is 34.1 Å². The number of hydrogen-bond donors (Lipinski definition) is 3. The number of alkyl halides is 1. The molecule has 9 nitrogen and oxygen atoms in total. The van der Waals surface area contributed by atoms with Gasteiger partial charge in [-0.15, -0.1) is 0 Å². The summed E-state index contributed by atoms with van der Waals surface area (Å²) in [5.41, 5.74) is 8.66. The number of aromatic nitrogens is 2. The molecule has 0 spiro atoms. The van der Waals surface area contributed by atoms with Crippen molar-refractivity contribution in [3.8, 4) is 0 Å². The predicted octanol–water partition coefficient (Wildman–Crippen LogP) is 4.69. The number of nitrogens with one attached hydrogen (secondary N) is 2. The van der Waals surface area contributed by atoms with Gasteiger partial charge < -0.3 is 20.7 Å². The van der Waals surface area contributed by atoms with E-state index in [4.69, 9.17) is 10.5 Å². The minimum Gasteiger partial charge on any atom is -0.445 e. The van der Waals surface area contributed by atoms with Crippen LogP contribution in [0.4, 0.5) is 22.1 Å². The Hall–Kier alpha value is -3.41. The second-order valence-electron chi connectivity index (χ2n) is 7.84. The summed E-state index contributed by atoms with van der Waals surface area (Å²) in [7, 11) is 0. The van der Waals surface area contributed by atoms with Gasteiger partial charge in [0.25, 0.3) is 5.91 Å². The van der Waals surface area contributed by atoms with Gasteiger partial charge in [-0.3, -0.25) is 9.89 Å². The normalized spacial score (nSPS) is 15.6. The van der Waals surface area contributed by atoms with E-state index in [9.17, 15) is 9.59 Å². The Morgan fingerprint density at radius 3 is 2.79 bits per heavy atom. The van der Waals surface area contributed by atoms with Gasteiger partial charge in [0.05, 0.1) is 6.04 Å². The molecule has 0 saturated carbocycles. The molecule has 1 saturated heterocycles. The summed E-state index contributed by atoms with van der Waals surface area (Å²) in [5, 5.41) is 10.1. The molecule has 1 aromatic heterocycles. The Kier molecular flexibility index (Phi) is 7.78. The van der Waals surface area contributed by atoms with Crippen molar-refractivity contribution in [2.24, 2.45) is 10.7 Å². The van der Waals surface area contributed by atoms with Crippen molar-refractivity contribution >= 4 is 58.1 Å². The summed E-state index contributed by atoms with van der Waals surface area (Å²) in [6.45, 7) is 0.784. The summed E-state index contributed by atoms with van der Waals surface area (Å²) in [6, 6.07) is 17.1. The van der Waals surface area contributed by atoms with Crippen LogP contribution in [0.3, 0.4) is 0 Å². The summed E-state index contributed by atoms with van der Waals surface area (Å²) in [5.74, 6) is -0.112. The molecule has 4 N–H and O–H groups in total. The van der Waals surface area contributed by atoms with Gasteiger partial charge in [-0.25, -0.2) is 9.79 Å². The number of H-pyrrole nitrogens is 1. The molecule has 34 heavy (non-hydrogen) atoms. The molecular formula is C24H25IN6O3. The van der Waals surface area contributed by atoms with Crippen molar-refractivity contribution in [3.63, 3.8) is 0 Å². The molecule has 1 unspecified atom stereocenters. The van der Waals surface area contributed by atoms with Gasteiger partial charge in [-0.1, -0.05) is 65.1 Å². The first-order valence-electron chi connectivity index (χ1n) is 10.9. The third-order valence-corrected chi connectivity index (χ3v) is 6.33. The van der Waals surface area contributed by atoms with Gasteiger partial charge in [-0.2, -0.15) is 5.10 Å². The van der Waals surface area contributed by atoms with Crippen molar-refractivity contribution in [3.05, 3.63) is 71.3 Å². The summed E-state index contributed by atoms with van der Waals surface area (Å²) in [4.78, 5) is 30.8. The largest absolute Gasteiger partial charge is 0.445 e. The van der Waals surface area contributed by atoms with E-state index in [1.807, 2.05) is 54.6 Å². The van der Waals surface area contributed by atoms with Crippen molar-refractivity contribution in [1.82, 2.24) is 15.1 Å². The van der Waals surface area contributed by atoms with Crippen LogP contribution in [-0.2, 0) is 15.8 Å². The molecule has 0 radical (unpaired) electrons. The summed E-state index contributed by atoms with van der Waals surface area (Å²) in [6.07, 6.45) is 2.81. The molecule has 1 aliphatic heterocycles. The molecule has 10 heteroatoms. The smallest absolute Gasteiger partial charge is 0.410 e. The number of benzene rings is 2. The van der Waals surface area contributed by atoms with Crippen LogP contribution < -0.4 is 11.1 Å². The monoisotopic (exact) mass is 572 g/mol. The lowest BCUT2D eigenvalue weighted by atomic mass is 10.2. The molecule has 2 amide bonds. The molecule has 0 bridgehead atoms. The maximum absolute atomic E-state index is 12.6. The van der Waals surface area contributed by atoms with Crippen molar-refractivity contribution in [1.29, 1.82) is 0 Å². The minimum atomic E-state index is -0.654. The average Bonchev–Trinajstić information content (AvgIpc) is 3.49. The Bertz CT molecular complexity index is 1180. The highest BCUT2D eigenvalue weighted by atomic mass is 127. The number of ether oxygens (including phenoxy) is 1. The lowest BCUT2D eigenvalue weighted by molar-refractivity contribution is 0.0990. The highest BCUT2D eigenvalue weighted by Gasteiger charge is 2.29. The van der Waals surface area contributed by atoms with Crippen LogP contribution in [0.15, 0.2) is 59.6 Å². The Labute approximate surface area is 210 Å². The van der Waals surface area contributed by atoms with E-state index in [1.165, 1.54) is 0 Å². The van der Waals surface area contributed by atoms with Gasteiger partial charge in [0, 0.05) is 22.9 Å². The zero-order valence-electron chi connectivity index (χ0n) is 18.4. The Morgan fingerprint density at radius 1 is 1.24 bits per heavy atom. The first-order chi connectivity index (χ1) is 16.5. The summed E-state index contributed by atoms with van der Waals surface area (Å²) < 4.78 is 6.33. The number of nitrogens with zero attached hydrogens (tertiary/aromatic N) is 3. The topological polar surface area (TPSA) is 126 Å². The second kappa shape index (κ2) is 11.1. The maximum Gasteiger partial charge on any atom is 0.410 e. The van der Waals surface area contributed by atoms with Gasteiger partial charge in [0.1, 0.15) is 18.0 Å². The van der Waals surface area contributed by atoms with Gasteiger partial charge in [0.15, 0.2) is 5.82 Å². The van der Waals surface area contributed by atoms with E-state index in [1.54, 1.807) is 11.1 Å². The van der Waals surface area contributed by atoms with Crippen LogP contribution in [0, 0.1) is 0 Å². The molecule has 1 fully saturated rings. The SMILES string of the molecule is NC(=O)c1c(N=CC2CCCN2C(=O)OCc2ccccc2)n[nH]c1Nc1cccc(CI)c1. The standard InChI is InChI=1S/C24H25IN6O3/c25-13-17-8-4-9-18(12-17)28-23-20(21(26)32)22(29-30-23)27-14-19-10-5-11-31(19)24(33)34-15-16-6-2-1-3-7-16/h1-4,6-9,12,14,19H,5,10-11,13,15H2,(H2,26,32)(H2,28,29,30). The number of aromatic amines is 1. The van der Waals surface area contributed by atoms with Crippen LogP contribution in [0.25, 0.3) is 0 Å². The van der Waals surface area contributed by atoms with Crippen molar-refractivity contribution in [2.45, 2.75) is 29.9 Å². The number of carbonyl (C=O) groups excluding carboxylic acids is 2. The first-order valence-corrected chi connectivity index (χ1v) is 12.4. The molecule has 0 aliphatic carbocycles. The highest BCUT2D eigenvalue weighted by molar-refractivity contribution is 14.1. The number of carbonyl (C=O) groups is 2. The molecule has 4 rings (SSSR count). The van der Waals surface area contributed by atoms with Crippen LogP contribution in [0.1, 0.15) is 34.3 Å². The molecule has 1 aliphatic rings. The van der Waals surface area contributed by atoms with Gasteiger partial charge in [0.2, 0.25) is 0 Å². The van der Waals surface area contributed by atoms with Crippen LogP contribution in [-0.4, -0.2) is 45.9 Å². The number of aliphatic imine (C=N–C) groups is 1. The quantitative estimate of drug-likeness (QED) is 0.205. The van der Waals surface area contributed by atoms with Crippen LogP contribution in [0.5, 0.6) is 0 Å². The number of halogens is 1. The van der Waals surface area contributed by atoms with Gasteiger partial charge >= 0.3 is 6.09 Å². The Morgan fingerprint density at radius 2 is 2.03 bits per heavy atom. The first kappa shape index (κ1) is 23.7. The maximum atomic E-state index is 12.6. The summed E-state index contributed by atoms with van der Waals surface area (Å²) >= 11 is 2.29. The van der Waals surface area contributed by atoms with E-state index < -0.39 is 12.0 Å². The van der Waals surface area contributed by atoms with E-state index in [-0.39, 0.29) is 24.0 Å². The number of hydrogen-bond acceptors (Lipinski definition) is 6. The third kappa shape index (κ3) is 5.74. The molecule has 176 valence electrons. The number of rotatable bonds is 8.